The van der Waals surface area contributed by atoms with Crippen molar-refractivity contribution in [2.24, 2.45) is 5.92 Å². The number of nitrogens with one attached hydrogen (secondary N) is 2. The van der Waals surface area contributed by atoms with Crippen molar-refractivity contribution in [1.82, 2.24) is 15.3 Å². The highest BCUT2D eigenvalue weighted by molar-refractivity contribution is 5.38. The molecule has 0 saturated carbocycles. The lowest BCUT2D eigenvalue weighted by Crippen LogP contribution is -2.19. The van der Waals surface area contributed by atoms with E-state index in [4.69, 9.17) is 0 Å². The number of hydrogen-bond acceptors (Lipinski definition) is 2. The molecule has 1 unspecified atom stereocenters. The van der Waals surface area contributed by atoms with E-state index in [0.29, 0.717) is 11.8 Å². The summed E-state index contributed by atoms with van der Waals surface area (Å²) in [5.74, 6) is 2.25. The molecule has 0 radical (unpaired) electrons. The number of fused-ring (bicyclic) bond motifs is 1. The van der Waals surface area contributed by atoms with Crippen LogP contribution in [0.15, 0.2) is 30.5 Å². The minimum Gasteiger partial charge on any atom is -0.344 e. The molecule has 0 saturated heterocycles. The summed E-state index contributed by atoms with van der Waals surface area (Å²) in [7, 11) is 0. The SMILES string of the molecule is CC(C)CNCc1cnc(C2CCc3ccccc32)[nH]1. The van der Waals surface area contributed by atoms with E-state index in [0.717, 1.165) is 18.9 Å². The van der Waals surface area contributed by atoms with Crippen LogP contribution in [-0.2, 0) is 13.0 Å². The lowest BCUT2D eigenvalue weighted by Gasteiger charge is -2.08. The van der Waals surface area contributed by atoms with Crippen molar-refractivity contribution in [2.45, 2.75) is 39.2 Å². The van der Waals surface area contributed by atoms with Crippen LogP contribution in [0.1, 0.15) is 48.8 Å². The molecule has 1 aliphatic carbocycles. The fourth-order valence-electron chi connectivity index (χ4n) is 2.98. The number of imidazole rings is 1. The van der Waals surface area contributed by atoms with Gasteiger partial charge in [0.15, 0.2) is 0 Å². The number of H-pyrrole nitrogens is 1. The minimum absolute atomic E-state index is 0.449. The summed E-state index contributed by atoms with van der Waals surface area (Å²) in [4.78, 5) is 8.10. The van der Waals surface area contributed by atoms with Crippen molar-refractivity contribution in [1.29, 1.82) is 0 Å². The van der Waals surface area contributed by atoms with Crippen LogP contribution in [0, 0.1) is 5.92 Å². The van der Waals surface area contributed by atoms with E-state index in [1.165, 1.54) is 29.7 Å². The Morgan fingerprint density at radius 3 is 3.05 bits per heavy atom. The van der Waals surface area contributed by atoms with Crippen LogP contribution >= 0.6 is 0 Å². The van der Waals surface area contributed by atoms with Crippen LogP contribution in [0.2, 0.25) is 0 Å². The van der Waals surface area contributed by atoms with Crippen LogP contribution in [0.25, 0.3) is 0 Å². The number of nitrogens with zero attached hydrogens (tertiary/aromatic N) is 1. The van der Waals surface area contributed by atoms with Gasteiger partial charge < -0.3 is 10.3 Å². The second-order valence-corrected chi connectivity index (χ2v) is 6.11. The fraction of sp³-hybridized carbons (Fsp3) is 0.471. The van der Waals surface area contributed by atoms with Crippen molar-refractivity contribution < 1.29 is 0 Å². The lowest BCUT2D eigenvalue weighted by molar-refractivity contribution is 0.548. The summed E-state index contributed by atoms with van der Waals surface area (Å²) in [6.07, 6.45) is 4.32. The average molecular weight is 269 g/mol. The first kappa shape index (κ1) is 13.4. The molecule has 20 heavy (non-hydrogen) atoms. The predicted octanol–water partition coefficient (Wildman–Crippen LogP) is 3.23. The van der Waals surface area contributed by atoms with E-state index < -0.39 is 0 Å². The third-order valence-electron chi connectivity index (χ3n) is 3.98. The molecule has 2 aromatic rings. The zero-order valence-corrected chi connectivity index (χ0v) is 12.3. The van der Waals surface area contributed by atoms with Gasteiger partial charge in [-0.25, -0.2) is 4.98 Å². The summed E-state index contributed by atoms with van der Waals surface area (Å²) in [6, 6.07) is 8.74. The normalized spacial score (nSPS) is 17.6. The van der Waals surface area contributed by atoms with E-state index in [9.17, 15) is 0 Å². The van der Waals surface area contributed by atoms with Crippen molar-refractivity contribution >= 4 is 0 Å². The average Bonchev–Trinajstić information content (AvgIpc) is 3.04. The van der Waals surface area contributed by atoms with Crippen LogP contribution in [0.4, 0.5) is 0 Å². The maximum atomic E-state index is 4.60. The van der Waals surface area contributed by atoms with Gasteiger partial charge >= 0.3 is 0 Å². The zero-order valence-electron chi connectivity index (χ0n) is 12.3. The predicted molar refractivity (Wildman–Crippen MR) is 81.7 cm³/mol. The maximum absolute atomic E-state index is 4.60. The molecule has 3 nitrogen and oxygen atoms in total. The van der Waals surface area contributed by atoms with Gasteiger partial charge in [0.2, 0.25) is 0 Å². The molecule has 0 bridgehead atoms. The number of aryl methyl sites for hydroxylation is 1. The third-order valence-corrected chi connectivity index (χ3v) is 3.98. The van der Waals surface area contributed by atoms with Gasteiger partial charge in [-0.1, -0.05) is 38.1 Å². The first-order valence-corrected chi connectivity index (χ1v) is 7.56. The Bertz CT molecular complexity index is 571. The number of aromatic amines is 1. The van der Waals surface area contributed by atoms with Gasteiger partial charge in [-0.3, -0.25) is 0 Å². The summed E-state index contributed by atoms with van der Waals surface area (Å²) in [5, 5.41) is 3.45. The molecule has 106 valence electrons. The molecule has 3 heteroatoms. The smallest absolute Gasteiger partial charge is 0.113 e. The summed E-state index contributed by atoms with van der Waals surface area (Å²) < 4.78 is 0. The Morgan fingerprint density at radius 1 is 1.35 bits per heavy atom. The fourth-order valence-corrected chi connectivity index (χ4v) is 2.98. The number of aromatic nitrogens is 2. The molecule has 1 aromatic heterocycles. The van der Waals surface area contributed by atoms with Gasteiger partial charge in [-0.15, -0.1) is 0 Å². The second kappa shape index (κ2) is 5.80. The van der Waals surface area contributed by atoms with Gasteiger partial charge in [0.05, 0.1) is 0 Å². The maximum Gasteiger partial charge on any atom is 0.113 e. The van der Waals surface area contributed by atoms with Crippen LogP contribution in [-0.4, -0.2) is 16.5 Å². The topological polar surface area (TPSA) is 40.7 Å². The molecular weight excluding hydrogens is 246 g/mol. The summed E-state index contributed by atoms with van der Waals surface area (Å²) >= 11 is 0. The Balaban J connectivity index is 1.69. The third kappa shape index (κ3) is 2.78. The molecule has 1 atom stereocenters. The van der Waals surface area contributed by atoms with Gasteiger partial charge in [0.1, 0.15) is 5.82 Å². The molecule has 0 amide bonds. The largest absolute Gasteiger partial charge is 0.344 e. The Hall–Kier alpha value is -1.61. The Morgan fingerprint density at radius 2 is 2.20 bits per heavy atom. The molecule has 0 aliphatic heterocycles. The molecule has 0 spiro atoms. The second-order valence-electron chi connectivity index (χ2n) is 6.11. The molecular formula is C17H23N3. The van der Waals surface area contributed by atoms with Crippen molar-refractivity contribution in [3.05, 3.63) is 53.1 Å². The lowest BCUT2D eigenvalue weighted by atomic mass is 10.0. The number of hydrogen-bond donors (Lipinski definition) is 2. The van der Waals surface area contributed by atoms with Crippen LogP contribution in [0.5, 0.6) is 0 Å². The van der Waals surface area contributed by atoms with Crippen molar-refractivity contribution in [3.8, 4) is 0 Å². The molecule has 3 rings (SSSR count). The van der Waals surface area contributed by atoms with Gasteiger partial charge in [-0.05, 0) is 36.4 Å². The highest BCUT2D eigenvalue weighted by atomic mass is 15.0. The quantitative estimate of drug-likeness (QED) is 0.875. The van der Waals surface area contributed by atoms with Crippen LogP contribution < -0.4 is 5.32 Å². The first-order chi connectivity index (χ1) is 9.74. The first-order valence-electron chi connectivity index (χ1n) is 7.56. The number of rotatable bonds is 5. The number of benzene rings is 1. The molecule has 2 N–H and O–H groups in total. The van der Waals surface area contributed by atoms with Gasteiger partial charge in [0, 0.05) is 24.4 Å². The monoisotopic (exact) mass is 269 g/mol. The zero-order chi connectivity index (χ0) is 13.9. The van der Waals surface area contributed by atoms with E-state index in [2.05, 4.69) is 53.4 Å². The molecule has 0 fully saturated rings. The summed E-state index contributed by atoms with van der Waals surface area (Å²) in [5.41, 5.74) is 4.11. The van der Waals surface area contributed by atoms with Crippen LogP contribution in [0.3, 0.4) is 0 Å². The standard InChI is InChI=1S/C17H23N3/c1-12(2)9-18-10-14-11-19-17(20-14)16-8-7-13-5-3-4-6-15(13)16/h3-6,11-12,16,18H,7-10H2,1-2H3,(H,19,20). The van der Waals surface area contributed by atoms with E-state index in [1.807, 2.05) is 6.20 Å². The van der Waals surface area contributed by atoms with Crippen molar-refractivity contribution in [3.63, 3.8) is 0 Å². The van der Waals surface area contributed by atoms with Crippen molar-refractivity contribution in [2.75, 3.05) is 6.54 Å². The summed E-state index contributed by atoms with van der Waals surface area (Å²) in [6.45, 7) is 6.36. The van der Waals surface area contributed by atoms with Gasteiger partial charge in [-0.2, -0.15) is 0 Å². The molecule has 1 heterocycles. The Kier molecular flexibility index (Phi) is 3.88. The highest BCUT2D eigenvalue weighted by Crippen LogP contribution is 2.36. The molecule has 1 aliphatic rings. The highest BCUT2D eigenvalue weighted by Gasteiger charge is 2.25. The minimum atomic E-state index is 0.449. The Labute approximate surface area is 120 Å². The van der Waals surface area contributed by atoms with E-state index in [-0.39, 0.29) is 0 Å². The molecule has 1 aromatic carbocycles. The van der Waals surface area contributed by atoms with E-state index >= 15 is 0 Å². The van der Waals surface area contributed by atoms with E-state index in [1.54, 1.807) is 0 Å². The van der Waals surface area contributed by atoms with Gasteiger partial charge in [0.25, 0.3) is 0 Å².